The van der Waals surface area contributed by atoms with Gasteiger partial charge in [-0.25, -0.2) is 4.98 Å². The molecule has 1 heterocycles. The fourth-order valence-electron chi connectivity index (χ4n) is 2.53. The molecule has 0 amide bonds. The summed E-state index contributed by atoms with van der Waals surface area (Å²) < 4.78 is 0. The molecule has 0 atom stereocenters. The zero-order valence-corrected chi connectivity index (χ0v) is 14.1. The van der Waals surface area contributed by atoms with Crippen LogP contribution in [0.2, 0.25) is 0 Å². The molecule has 3 rings (SSSR count). The minimum Gasteiger partial charge on any atom is -0.350 e. The van der Waals surface area contributed by atoms with Crippen molar-refractivity contribution in [3.05, 3.63) is 78.5 Å². The SMILES string of the molecule is CC(C)N(Cc1ccccc1)c1ccnc(Nc2ccccc2)n1. The number of aromatic nitrogens is 2. The normalized spacial score (nSPS) is 10.6. The van der Waals surface area contributed by atoms with Crippen LogP contribution >= 0.6 is 0 Å². The summed E-state index contributed by atoms with van der Waals surface area (Å²) in [6.45, 7) is 5.17. The summed E-state index contributed by atoms with van der Waals surface area (Å²) in [5.41, 5.74) is 2.25. The monoisotopic (exact) mass is 318 g/mol. The summed E-state index contributed by atoms with van der Waals surface area (Å²) in [4.78, 5) is 11.3. The van der Waals surface area contributed by atoms with E-state index in [0.29, 0.717) is 12.0 Å². The lowest BCUT2D eigenvalue weighted by Crippen LogP contribution is -2.31. The van der Waals surface area contributed by atoms with E-state index in [9.17, 15) is 0 Å². The summed E-state index contributed by atoms with van der Waals surface area (Å²) in [6, 6.07) is 22.7. The van der Waals surface area contributed by atoms with Gasteiger partial charge in [0.05, 0.1) is 0 Å². The Bertz CT molecular complexity index is 757. The molecule has 24 heavy (non-hydrogen) atoms. The van der Waals surface area contributed by atoms with Crippen LogP contribution in [0.1, 0.15) is 19.4 Å². The van der Waals surface area contributed by atoms with Gasteiger partial charge in [-0.1, -0.05) is 48.5 Å². The van der Waals surface area contributed by atoms with E-state index < -0.39 is 0 Å². The summed E-state index contributed by atoms with van der Waals surface area (Å²) in [7, 11) is 0. The second kappa shape index (κ2) is 7.59. The molecular weight excluding hydrogens is 296 g/mol. The average Bonchev–Trinajstić information content (AvgIpc) is 2.61. The van der Waals surface area contributed by atoms with E-state index in [1.54, 1.807) is 6.20 Å². The van der Waals surface area contributed by atoms with Crippen molar-refractivity contribution in [1.29, 1.82) is 0 Å². The number of anilines is 3. The number of nitrogens with zero attached hydrogens (tertiary/aromatic N) is 3. The van der Waals surface area contributed by atoms with Gasteiger partial charge in [-0.15, -0.1) is 0 Å². The van der Waals surface area contributed by atoms with Crippen molar-refractivity contribution >= 4 is 17.5 Å². The molecule has 1 N–H and O–H groups in total. The summed E-state index contributed by atoms with van der Waals surface area (Å²) in [5, 5.41) is 3.25. The molecule has 0 saturated carbocycles. The van der Waals surface area contributed by atoms with E-state index in [2.05, 4.69) is 58.3 Å². The van der Waals surface area contributed by atoms with Crippen LogP contribution in [0.5, 0.6) is 0 Å². The number of benzene rings is 2. The Hall–Kier alpha value is -2.88. The first kappa shape index (κ1) is 16.0. The lowest BCUT2D eigenvalue weighted by Gasteiger charge is -2.28. The standard InChI is InChI=1S/C20H22N4/c1-16(2)24(15-17-9-5-3-6-10-17)19-13-14-21-20(23-19)22-18-11-7-4-8-12-18/h3-14,16H,15H2,1-2H3,(H,21,22,23). The second-order valence-electron chi connectivity index (χ2n) is 5.94. The third-order valence-electron chi connectivity index (χ3n) is 3.78. The molecule has 0 radical (unpaired) electrons. The third kappa shape index (κ3) is 4.10. The molecule has 0 unspecified atom stereocenters. The maximum atomic E-state index is 4.69. The van der Waals surface area contributed by atoms with Crippen molar-refractivity contribution in [2.24, 2.45) is 0 Å². The van der Waals surface area contributed by atoms with Gasteiger partial charge in [0.2, 0.25) is 5.95 Å². The van der Waals surface area contributed by atoms with Gasteiger partial charge >= 0.3 is 0 Å². The number of para-hydroxylation sites is 1. The van der Waals surface area contributed by atoms with Gasteiger partial charge in [-0.05, 0) is 37.6 Å². The molecule has 2 aromatic carbocycles. The van der Waals surface area contributed by atoms with Gasteiger partial charge in [0.1, 0.15) is 5.82 Å². The quantitative estimate of drug-likeness (QED) is 0.719. The number of rotatable bonds is 6. The molecular formula is C20H22N4. The van der Waals surface area contributed by atoms with Crippen molar-refractivity contribution in [3.8, 4) is 0 Å². The van der Waals surface area contributed by atoms with Crippen LogP contribution in [0.15, 0.2) is 72.9 Å². The molecule has 1 aromatic heterocycles. The van der Waals surface area contributed by atoms with Crippen LogP contribution in [0.3, 0.4) is 0 Å². The van der Waals surface area contributed by atoms with E-state index in [4.69, 9.17) is 0 Å². The maximum Gasteiger partial charge on any atom is 0.229 e. The fraction of sp³-hybridized carbons (Fsp3) is 0.200. The molecule has 4 nitrogen and oxygen atoms in total. The maximum absolute atomic E-state index is 4.69. The van der Waals surface area contributed by atoms with Gasteiger partial charge in [-0.3, -0.25) is 0 Å². The highest BCUT2D eigenvalue weighted by molar-refractivity contribution is 5.54. The Morgan fingerprint density at radius 3 is 2.25 bits per heavy atom. The minimum atomic E-state index is 0.338. The smallest absolute Gasteiger partial charge is 0.229 e. The minimum absolute atomic E-state index is 0.338. The van der Waals surface area contributed by atoms with Crippen LogP contribution in [0, 0.1) is 0 Å². The Kier molecular flexibility index (Phi) is 5.06. The van der Waals surface area contributed by atoms with E-state index in [0.717, 1.165) is 18.1 Å². The highest BCUT2D eigenvalue weighted by Crippen LogP contribution is 2.20. The van der Waals surface area contributed by atoms with Gasteiger partial charge < -0.3 is 10.2 Å². The Morgan fingerprint density at radius 1 is 0.917 bits per heavy atom. The predicted molar refractivity (Wildman–Crippen MR) is 99.5 cm³/mol. The van der Waals surface area contributed by atoms with Crippen molar-refractivity contribution in [1.82, 2.24) is 9.97 Å². The highest BCUT2D eigenvalue weighted by atomic mass is 15.2. The summed E-state index contributed by atoms with van der Waals surface area (Å²) in [5.74, 6) is 1.53. The second-order valence-corrected chi connectivity index (χ2v) is 5.94. The fourth-order valence-corrected chi connectivity index (χ4v) is 2.53. The third-order valence-corrected chi connectivity index (χ3v) is 3.78. The first-order valence-electron chi connectivity index (χ1n) is 8.18. The molecule has 0 bridgehead atoms. The molecule has 3 aromatic rings. The molecule has 0 fully saturated rings. The highest BCUT2D eigenvalue weighted by Gasteiger charge is 2.13. The van der Waals surface area contributed by atoms with E-state index in [1.807, 2.05) is 42.5 Å². The van der Waals surface area contributed by atoms with Crippen molar-refractivity contribution in [3.63, 3.8) is 0 Å². The Labute approximate surface area is 143 Å². The lowest BCUT2D eigenvalue weighted by molar-refractivity contribution is 0.672. The number of nitrogens with one attached hydrogen (secondary N) is 1. The van der Waals surface area contributed by atoms with Crippen LogP contribution in [0.4, 0.5) is 17.5 Å². The van der Waals surface area contributed by atoms with Crippen molar-refractivity contribution < 1.29 is 0 Å². The molecule has 122 valence electrons. The van der Waals surface area contributed by atoms with Gasteiger partial charge in [0, 0.05) is 24.5 Å². The van der Waals surface area contributed by atoms with E-state index in [-0.39, 0.29) is 0 Å². The first-order valence-corrected chi connectivity index (χ1v) is 8.18. The summed E-state index contributed by atoms with van der Waals surface area (Å²) >= 11 is 0. The van der Waals surface area contributed by atoms with Gasteiger partial charge in [0.25, 0.3) is 0 Å². The van der Waals surface area contributed by atoms with Crippen LogP contribution < -0.4 is 10.2 Å². The van der Waals surface area contributed by atoms with Crippen LogP contribution in [-0.2, 0) is 6.54 Å². The molecule has 0 aliphatic heterocycles. The van der Waals surface area contributed by atoms with Crippen LogP contribution in [-0.4, -0.2) is 16.0 Å². The van der Waals surface area contributed by atoms with E-state index in [1.165, 1.54) is 5.56 Å². The van der Waals surface area contributed by atoms with Crippen molar-refractivity contribution in [2.45, 2.75) is 26.4 Å². The number of hydrogen-bond donors (Lipinski definition) is 1. The lowest BCUT2D eigenvalue weighted by atomic mass is 10.2. The Morgan fingerprint density at radius 2 is 1.58 bits per heavy atom. The zero-order valence-electron chi connectivity index (χ0n) is 14.1. The van der Waals surface area contributed by atoms with Gasteiger partial charge in [-0.2, -0.15) is 4.98 Å². The molecule has 0 spiro atoms. The first-order chi connectivity index (χ1) is 11.7. The number of hydrogen-bond acceptors (Lipinski definition) is 4. The molecule has 0 aliphatic carbocycles. The van der Waals surface area contributed by atoms with E-state index >= 15 is 0 Å². The average molecular weight is 318 g/mol. The van der Waals surface area contributed by atoms with Crippen LogP contribution in [0.25, 0.3) is 0 Å². The summed E-state index contributed by atoms with van der Waals surface area (Å²) in [6.07, 6.45) is 1.80. The zero-order chi connectivity index (χ0) is 16.8. The molecule has 0 aliphatic rings. The topological polar surface area (TPSA) is 41.1 Å². The predicted octanol–water partition coefficient (Wildman–Crippen LogP) is 4.64. The molecule has 4 heteroatoms. The Balaban J connectivity index is 1.82. The van der Waals surface area contributed by atoms with Gasteiger partial charge in [0.15, 0.2) is 0 Å². The largest absolute Gasteiger partial charge is 0.350 e. The van der Waals surface area contributed by atoms with Crippen molar-refractivity contribution in [2.75, 3.05) is 10.2 Å². The molecule has 0 saturated heterocycles.